The molecule has 0 bridgehead atoms. The van der Waals surface area contributed by atoms with Crippen LogP contribution < -0.4 is 0 Å². The third kappa shape index (κ3) is 6.81. The molecule has 0 spiro atoms. The third-order valence-corrected chi connectivity index (χ3v) is 3.90. The van der Waals surface area contributed by atoms with Crippen molar-refractivity contribution in [3.8, 4) is 0 Å². The average Bonchev–Trinajstić information content (AvgIpc) is 2.85. The number of hydrogen-bond acceptors (Lipinski definition) is 3. The summed E-state index contributed by atoms with van der Waals surface area (Å²) in [5.41, 5.74) is 3.16. The van der Waals surface area contributed by atoms with Gasteiger partial charge in [-0.2, -0.15) is 0 Å². The first-order valence-corrected chi connectivity index (χ1v) is 9.04. The smallest absolute Gasteiger partial charge is 0.0509 e. The number of nitrogens with zero attached hydrogens (tertiary/aromatic N) is 3. The summed E-state index contributed by atoms with van der Waals surface area (Å²) in [6.07, 6.45) is 5.79. The van der Waals surface area contributed by atoms with Crippen LogP contribution in [0, 0.1) is 12.7 Å². The Hall–Kier alpha value is -0.766. The maximum absolute atomic E-state index is 5.79. The quantitative estimate of drug-likeness (QED) is 0.639. The Kier molecular flexibility index (Phi) is 13.0. The van der Waals surface area contributed by atoms with Gasteiger partial charge in [0.05, 0.1) is 5.69 Å². The van der Waals surface area contributed by atoms with Gasteiger partial charge in [0.15, 0.2) is 0 Å². The zero-order chi connectivity index (χ0) is 17.9. The molecule has 0 N–H and O–H groups in total. The SMILES string of the molecule is CC.CC.[CH-]=CC1=[C-]Cc2ccccc2N=C1N1CCN(C)CC1.[Y]. The van der Waals surface area contributed by atoms with Gasteiger partial charge in [-0.1, -0.05) is 58.2 Å². The summed E-state index contributed by atoms with van der Waals surface area (Å²) in [4.78, 5) is 9.50. The van der Waals surface area contributed by atoms with Crippen LogP contribution in [0.15, 0.2) is 40.9 Å². The van der Waals surface area contributed by atoms with E-state index in [1.165, 1.54) is 5.56 Å². The minimum atomic E-state index is 0. The van der Waals surface area contributed by atoms with Crippen molar-refractivity contribution in [2.24, 2.45) is 4.99 Å². The van der Waals surface area contributed by atoms with Gasteiger partial charge in [0.1, 0.15) is 0 Å². The van der Waals surface area contributed by atoms with Gasteiger partial charge in [0.2, 0.25) is 0 Å². The maximum atomic E-state index is 5.79. The standard InChI is InChI=1S/C17H19N3.2C2H6.Y/c1-3-14-8-9-15-6-4-5-7-16(15)18-17(14)20-12-10-19(2)11-13-20;2*1-2;/h1,3-7H,9-13H2,2H3;2*1-2H3;/q-2;;;. The van der Waals surface area contributed by atoms with Crippen LogP contribution in [0.4, 0.5) is 5.69 Å². The van der Waals surface area contributed by atoms with Gasteiger partial charge in [0, 0.05) is 58.9 Å². The van der Waals surface area contributed by atoms with E-state index in [2.05, 4.69) is 35.1 Å². The van der Waals surface area contributed by atoms with E-state index in [-0.39, 0.29) is 32.7 Å². The van der Waals surface area contributed by atoms with Crippen LogP contribution in [0.1, 0.15) is 33.3 Å². The Balaban J connectivity index is 0.00000108. The van der Waals surface area contributed by atoms with Crippen molar-refractivity contribution in [3.63, 3.8) is 0 Å². The fourth-order valence-corrected chi connectivity index (χ4v) is 2.61. The number of amidine groups is 1. The van der Waals surface area contributed by atoms with E-state index in [4.69, 9.17) is 11.6 Å². The van der Waals surface area contributed by atoms with E-state index in [0.717, 1.165) is 49.7 Å². The van der Waals surface area contributed by atoms with Gasteiger partial charge >= 0.3 is 0 Å². The van der Waals surface area contributed by atoms with Crippen LogP contribution in [0.5, 0.6) is 0 Å². The molecule has 0 saturated carbocycles. The summed E-state index contributed by atoms with van der Waals surface area (Å²) < 4.78 is 0. The molecule has 4 heteroatoms. The molecule has 25 heavy (non-hydrogen) atoms. The van der Waals surface area contributed by atoms with Crippen LogP contribution in [-0.4, -0.2) is 48.9 Å². The molecule has 1 fully saturated rings. The van der Waals surface area contributed by atoms with Crippen molar-refractivity contribution in [1.29, 1.82) is 0 Å². The zero-order valence-corrected chi connectivity index (χ0v) is 19.3. The minimum Gasteiger partial charge on any atom is -0.420 e. The van der Waals surface area contributed by atoms with E-state index >= 15 is 0 Å². The first kappa shape index (κ1) is 24.2. The number of aliphatic imine (C=N–C) groups is 1. The van der Waals surface area contributed by atoms with Gasteiger partial charge in [-0.05, 0) is 18.7 Å². The fourth-order valence-electron chi connectivity index (χ4n) is 2.61. The van der Waals surface area contributed by atoms with Crippen LogP contribution >= 0.6 is 0 Å². The number of benzene rings is 1. The van der Waals surface area contributed by atoms with E-state index < -0.39 is 0 Å². The van der Waals surface area contributed by atoms with Gasteiger partial charge in [-0.25, -0.2) is 0 Å². The second-order valence-electron chi connectivity index (χ2n) is 5.29. The molecule has 0 unspecified atom stereocenters. The molecule has 0 amide bonds. The maximum Gasteiger partial charge on any atom is 0.0509 e. The molecule has 3 nitrogen and oxygen atoms in total. The molecule has 0 aliphatic carbocycles. The van der Waals surface area contributed by atoms with E-state index in [0.29, 0.717) is 0 Å². The second-order valence-corrected chi connectivity index (χ2v) is 5.29. The first-order chi connectivity index (χ1) is 11.8. The van der Waals surface area contributed by atoms with Crippen LogP contribution in [0.25, 0.3) is 0 Å². The molecule has 0 atom stereocenters. The van der Waals surface area contributed by atoms with Crippen molar-refractivity contribution >= 4 is 11.5 Å². The molecule has 1 saturated heterocycles. The predicted molar refractivity (Wildman–Crippen MR) is 105 cm³/mol. The molecule has 1 aromatic carbocycles. The van der Waals surface area contributed by atoms with E-state index in [1.807, 2.05) is 39.8 Å². The minimum absolute atomic E-state index is 0. The topological polar surface area (TPSA) is 18.8 Å². The number of rotatable bonds is 1. The summed E-state index contributed by atoms with van der Waals surface area (Å²) in [7, 11) is 2.15. The summed E-state index contributed by atoms with van der Waals surface area (Å²) in [6.45, 7) is 17.9. The molecule has 2 aliphatic rings. The molecule has 135 valence electrons. The van der Waals surface area contributed by atoms with E-state index in [9.17, 15) is 0 Å². The number of hydrogen-bond donors (Lipinski definition) is 0. The van der Waals surface area contributed by atoms with Crippen molar-refractivity contribution in [2.75, 3.05) is 33.2 Å². The van der Waals surface area contributed by atoms with Crippen molar-refractivity contribution in [1.82, 2.24) is 9.80 Å². The molecule has 3 rings (SSSR count). The zero-order valence-electron chi connectivity index (χ0n) is 16.4. The Bertz CT molecular complexity index is 570. The Labute approximate surface area is 179 Å². The number of likely N-dealkylation sites (N-methyl/N-ethyl adjacent to an activating group) is 1. The number of allylic oxidation sites excluding steroid dienone is 1. The van der Waals surface area contributed by atoms with Crippen molar-refractivity contribution < 1.29 is 32.7 Å². The average molecular weight is 414 g/mol. The number of piperazine rings is 1. The molecular formula is C21H31N3Y-2. The van der Waals surface area contributed by atoms with Crippen LogP contribution in [0.2, 0.25) is 0 Å². The Morgan fingerprint density at radius 1 is 1.04 bits per heavy atom. The van der Waals surface area contributed by atoms with Gasteiger partial charge in [-0.15, -0.1) is 0 Å². The third-order valence-electron chi connectivity index (χ3n) is 3.90. The summed E-state index contributed by atoms with van der Waals surface area (Å²) in [5.74, 6) is 0.963. The molecule has 1 aromatic rings. The monoisotopic (exact) mass is 414 g/mol. The largest absolute Gasteiger partial charge is 0.420 e. The molecular weight excluding hydrogens is 383 g/mol. The fraction of sp³-hybridized carbons (Fsp3) is 0.476. The predicted octanol–water partition coefficient (Wildman–Crippen LogP) is 4.29. The molecule has 0 aromatic heterocycles. The number of fused-ring (bicyclic) bond motifs is 1. The normalized spacial score (nSPS) is 16.3. The molecule has 2 heterocycles. The van der Waals surface area contributed by atoms with Gasteiger partial charge < -0.3 is 33.0 Å². The number of para-hydroxylation sites is 1. The Morgan fingerprint density at radius 2 is 1.64 bits per heavy atom. The van der Waals surface area contributed by atoms with Crippen LogP contribution in [0.3, 0.4) is 0 Å². The molecule has 2 aliphatic heterocycles. The summed E-state index contributed by atoms with van der Waals surface area (Å²) in [6, 6.07) is 8.24. The molecule has 1 radical (unpaired) electrons. The summed E-state index contributed by atoms with van der Waals surface area (Å²) in [5, 5.41) is 0. The van der Waals surface area contributed by atoms with Crippen molar-refractivity contribution in [3.05, 3.63) is 54.1 Å². The van der Waals surface area contributed by atoms with Crippen molar-refractivity contribution in [2.45, 2.75) is 34.1 Å². The second kappa shape index (κ2) is 13.4. The first-order valence-electron chi connectivity index (χ1n) is 9.04. The summed E-state index contributed by atoms with van der Waals surface area (Å²) >= 11 is 0. The van der Waals surface area contributed by atoms with Crippen LogP contribution in [-0.2, 0) is 39.1 Å². The van der Waals surface area contributed by atoms with E-state index in [1.54, 1.807) is 6.08 Å². The Morgan fingerprint density at radius 3 is 2.24 bits per heavy atom. The van der Waals surface area contributed by atoms with Gasteiger partial charge in [0.25, 0.3) is 0 Å². The van der Waals surface area contributed by atoms with Gasteiger partial charge in [-0.3, -0.25) is 6.08 Å².